The Hall–Kier alpha value is -5.68. The Bertz CT molecular complexity index is 2660. The number of hydrogen-bond acceptors (Lipinski definition) is 11. The van der Waals surface area contributed by atoms with Crippen molar-refractivity contribution in [1.29, 1.82) is 0 Å². The number of benzene rings is 7. The third kappa shape index (κ3) is 13.8. The molecule has 0 aromatic heterocycles. The predicted molar refractivity (Wildman–Crippen MR) is 290 cm³/mol. The predicted octanol–water partition coefficient (Wildman–Crippen LogP) is 9.31. The lowest BCUT2D eigenvalue weighted by atomic mass is 9.97. The van der Waals surface area contributed by atoms with Gasteiger partial charge in [-0.1, -0.05) is 233 Å². The van der Waals surface area contributed by atoms with E-state index in [1.807, 2.05) is 164 Å². The summed E-state index contributed by atoms with van der Waals surface area (Å²) in [5.74, 6) is 0. The lowest BCUT2D eigenvalue weighted by Gasteiger charge is -2.49. The largest absolute Gasteiger partial charge is 0.405 e. The fourth-order valence-corrected chi connectivity index (χ4v) is 14.7. The minimum atomic E-state index is -3.14. The van der Waals surface area contributed by atoms with Gasteiger partial charge in [0.2, 0.25) is 0 Å². The summed E-state index contributed by atoms with van der Waals surface area (Å²) in [6.07, 6.45) is -10.2. The van der Waals surface area contributed by atoms with Crippen LogP contribution in [0.4, 0.5) is 0 Å². The number of ether oxygens (including phenoxy) is 8. The highest BCUT2D eigenvalue weighted by molar-refractivity contribution is 6.99. The van der Waals surface area contributed by atoms with Gasteiger partial charge < -0.3 is 52.5 Å². The second-order valence-corrected chi connectivity index (χ2v) is 24.5. The molecule has 1 unspecified atom stereocenters. The van der Waals surface area contributed by atoms with E-state index in [-0.39, 0.29) is 51.3 Å². The van der Waals surface area contributed by atoms with Crippen LogP contribution < -0.4 is 10.4 Å². The minimum absolute atomic E-state index is 0.103. The molecule has 0 amide bonds. The zero-order chi connectivity index (χ0) is 51.9. The SMILES string of the molecule is CC(C)(C)[Si](OC[C@H]1OC(OC[C@H]2O[C@H](O)[C@H](O)[C@@H](OCc3ccccc3)[C@@H]2OCc2ccccc2)[C@H](OCc2ccccc2)[C@@H](OCc2ccccc2)[C@@H]1OCc1ccccc1)(c1ccccc1)c1ccccc1. The van der Waals surface area contributed by atoms with Crippen LogP contribution in [-0.4, -0.2) is 93.2 Å². The first-order valence-corrected chi connectivity index (χ1v) is 27.9. The summed E-state index contributed by atoms with van der Waals surface area (Å²) in [6, 6.07) is 70.5. The van der Waals surface area contributed by atoms with Gasteiger partial charge in [-0.3, -0.25) is 0 Å². The molecule has 2 aliphatic heterocycles. The van der Waals surface area contributed by atoms with Crippen molar-refractivity contribution in [3.8, 4) is 0 Å². The topological polar surface area (TPSA) is 124 Å². The Kier molecular flexibility index (Phi) is 19.0. The van der Waals surface area contributed by atoms with Crippen molar-refractivity contribution in [2.45, 2.75) is 120 Å². The number of rotatable bonds is 23. The molecule has 2 aliphatic rings. The van der Waals surface area contributed by atoms with Crippen LogP contribution in [0.2, 0.25) is 5.04 Å². The second kappa shape index (κ2) is 26.4. The standard InChI is InChI=1S/C63H70O11Si/c1-63(2,3)75(51-35-21-9-22-36-51,52-37-23-10-24-38-52)72-45-54-57(67-40-47-27-13-5-14-28-47)59(69-42-49-31-17-7-18-32-49)60(70-43-50-33-19-8-20-34-50)62(74-54)71-44-53-56(66-39-46-25-11-4-12-26-46)58(55(64)61(65)73-53)68-41-48-29-15-6-16-30-48/h4-38,53-62,64-65H,39-45H2,1-3H3/t53-,54-,55-,56-,57-,58-,59+,60-,61+,62?/m1/s1. The van der Waals surface area contributed by atoms with Gasteiger partial charge in [-0.15, -0.1) is 0 Å². The number of hydrogen-bond donors (Lipinski definition) is 2. The molecule has 2 heterocycles. The van der Waals surface area contributed by atoms with Gasteiger partial charge in [0, 0.05) is 0 Å². The quantitative estimate of drug-likeness (QED) is 0.0597. The van der Waals surface area contributed by atoms with E-state index in [9.17, 15) is 10.2 Å². The molecule has 0 aliphatic carbocycles. The number of aliphatic hydroxyl groups is 2. The normalized spacial score (nSPS) is 24.2. The fourth-order valence-electron chi connectivity index (χ4n) is 10.1. The molecule has 12 heteroatoms. The molecule has 0 radical (unpaired) electrons. The van der Waals surface area contributed by atoms with Crippen LogP contribution in [0.15, 0.2) is 212 Å². The average molecular weight is 1030 g/mol. The third-order valence-corrected chi connectivity index (χ3v) is 19.0. The van der Waals surface area contributed by atoms with Crippen molar-refractivity contribution in [3.05, 3.63) is 240 Å². The highest BCUT2D eigenvalue weighted by Crippen LogP contribution is 2.39. The third-order valence-electron chi connectivity index (χ3n) is 14.0. The molecule has 2 N–H and O–H groups in total. The zero-order valence-corrected chi connectivity index (χ0v) is 44.0. The Balaban J connectivity index is 1.10. The van der Waals surface area contributed by atoms with Crippen LogP contribution in [0.1, 0.15) is 48.6 Å². The number of aliphatic hydroxyl groups excluding tert-OH is 2. The second-order valence-electron chi connectivity index (χ2n) is 20.2. The van der Waals surface area contributed by atoms with Gasteiger partial charge >= 0.3 is 0 Å². The first kappa shape index (κ1) is 54.1. The van der Waals surface area contributed by atoms with Crippen molar-refractivity contribution < 1.29 is 52.5 Å². The maximum Gasteiger partial charge on any atom is 0.261 e. The van der Waals surface area contributed by atoms with Crippen molar-refractivity contribution in [1.82, 2.24) is 0 Å². The van der Waals surface area contributed by atoms with Gasteiger partial charge in [0.15, 0.2) is 12.6 Å². The summed E-state index contributed by atoms with van der Waals surface area (Å²) in [6.45, 7) is 7.73. The maximum absolute atomic E-state index is 11.6. The van der Waals surface area contributed by atoms with Gasteiger partial charge in [0.05, 0.1) is 46.2 Å². The van der Waals surface area contributed by atoms with Crippen molar-refractivity contribution in [3.63, 3.8) is 0 Å². The van der Waals surface area contributed by atoms with E-state index in [0.29, 0.717) is 0 Å². The molecule has 392 valence electrons. The van der Waals surface area contributed by atoms with Crippen LogP contribution in [0.5, 0.6) is 0 Å². The van der Waals surface area contributed by atoms with Gasteiger partial charge in [0.1, 0.15) is 48.8 Å². The minimum Gasteiger partial charge on any atom is -0.405 e. The summed E-state index contributed by atoms with van der Waals surface area (Å²) in [5, 5.41) is 24.9. The molecule has 75 heavy (non-hydrogen) atoms. The Morgan fingerprint density at radius 3 is 1.08 bits per heavy atom. The molecule has 2 fully saturated rings. The van der Waals surface area contributed by atoms with Crippen molar-refractivity contribution in [2.24, 2.45) is 0 Å². The van der Waals surface area contributed by atoms with E-state index >= 15 is 0 Å². The van der Waals surface area contributed by atoms with Crippen LogP contribution in [0, 0.1) is 0 Å². The van der Waals surface area contributed by atoms with Gasteiger partial charge in [-0.05, 0) is 43.2 Å². The van der Waals surface area contributed by atoms with Crippen LogP contribution in [0.25, 0.3) is 0 Å². The average Bonchev–Trinajstić information content (AvgIpc) is 3.45. The summed E-state index contributed by atoms with van der Waals surface area (Å²) in [7, 11) is -3.14. The van der Waals surface area contributed by atoms with E-state index in [1.165, 1.54) is 0 Å². The highest BCUT2D eigenvalue weighted by Gasteiger charge is 2.54. The zero-order valence-electron chi connectivity index (χ0n) is 43.0. The van der Waals surface area contributed by atoms with Gasteiger partial charge in [-0.25, -0.2) is 0 Å². The maximum atomic E-state index is 11.6. The molecule has 2 saturated heterocycles. The fraction of sp³-hybridized carbons (Fsp3) is 0.333. The molecule has 11 nitrogen and oxygen atoms in total. The Labute approximate surface area is 443 Å². The summed E-state index contributed by atoms with van der Waals surface area (Å²) >= 11 is 0. The van der Waals surface area contributed by atoms with E-state index in [0.717, 1.165) is 38.2 Å². The highest BCUT2D eigenvalue weighted by atomic mass is 28.4. The molecule has 7 aromatic carbocycles. The molecule has 10 atom stereocenters. The molecule has 0 spiro atoms. The van der Waals surface area contributed by atoms with Crippen molar-refractivity contribution in [2.75, 3.05) is 13.2 Å². The Morgan fingerprint density at radius 1 is 0.373 bits per heavy atom. The van der Waals surface area contributed by atoms with Crippen LogP contribution >= 0.6 is 0 Å². The Morgan fingerprint density at radius 2 is 0.693 bits per heavy atom. The lowest BCUT2D eigenvalue weighted by Crippen LogP contribution is -2.68. The van der Waals surface area contributed by atoms with Crippen molar-refractivity contribution >= 4 is 18.7 Å². The van der Waals surface area contributed by atoms with Crippen LogP contribution in [0.3, 0.4) is 0 Å². The van der Waals surface area contributed by atoms with E-state index < -0.39 is 69.7 Å². The monoisotopic (exact) mass is 1030 g/mol. The first-order valence-electron chi connectivity index (χ1n) is 26.0. The molecule has 0 bridgehead atoms. The summed E-state index contributed by atoms with van der Waals surface area (Å²) in [5.41, 5.74) is 4.69. The first-order chi connectivity index (χ1) is 36.7. The smallest absolute Gasteiger partial charge is 0.261 e. The molecule has 7 aromatic rings. The molecular formula is C63H70O11Si. The molecular weight excluding hydrogens is 961 g/mol. The summed E-state index contributed by atoms with van der Waals surface area (Å²) in [4.78, 5) is 0. The van der Waals surface area contributed by atoms with E-state index in [2.05, 4.69) is 69.3 Å². The van der Waals surface area contributed by atoms with Crippen LogP contribution in [-0.2, 0) is 75.4 Å². The summed E-state index contributed by atoms with van der Waals surface area (Å²) < 4.78 is 62.5. The molecule has 0 saturated carbocycles. The van der Waals surface area contributed by atoms with Gasteiger partial charge in [0.25, 0.3) is 8.32 Å². The van der Waals surface area contributed by atoms with E-state index in [4.69, 9.17) is 42.3 Å². The lowest BCUT2D eigenvalue weighted by molar-refractivity contribution is -0.345. The van der Waals surface area contributed by atoms with Gasteiger partial charge in [-0.2, -0.15) is 0 Å². The molecule has 9 rings (SSSR count). The van der Waals surface area contributed by atoms with E-state index in [1.54, 1.807) is 0 Å².